The fourth-order valence-electron chi connectivity index (χ4n) is 2.83. The number of para-hydroxylation sites is 1. The number of fused-ring (bicyclic) bond motifs is 1. The van der Waals surface area contributed by atoms with Crippen molar-refractivity contribution >= 4 is 22.6 Å². The number of hydrogen-bond donors (Lipinski definition) is 3. The molecule has 0 spiro atoms. The average molecular weight is 351 g/mol. The van der Waals surface area contributed by atoms with E-state index < -0.39 is 0 Å². The van der Waals surface area contributed by atoms with E-state index in [1.54, 1.807) is 18.3 Å². The number of rotatable bonds is 8. The number of aromatic amines is 1. The first kappa shape index (κ1) is 17.9. The highest BCUT2D eigenvalue weighted by molar-refractivity contribution is 5.94. The molecule has 0 bridgehead atoms. The molecule has 3 rings (SSSR count). The predicted octanol–water partition coefficient (Wildman–Crippen LogP) is 2.51. The first-order chi connectivity index (χ1) is 12.6. The Morgan fingerprint density at radius 2 is 2.04 bits per heavy atom. The number of pyridine rings is 1. The summed E-state index contributed by atoms with van der Waals surface area (Å²) >= 11 is 0. The lowest BCUT2D eigenvalue weighted by Crippen LogP contribution is -2.31. The molecule has 0 radical (unpaired) electrons. The molecule has 6 nitrogen and oxygen atoms in total. The van der Waals surface area contributed by atoms with Gasteiger partial charge in [0.05, 0.1) is 0 Å². The molecule has 0 aliphatic carbocycles. The molecular formula is C20H25N5O. The normalized spacial score (nSPS) is 11.0. The molecule has 0 aliphatic heterocycles. The second-order valence-electron chi connectivity index (χ2n) is 6.53. The van der Waals surface area contributed by atoms with Crippen LogP contribution >= 0.6 is 0 Å². The van der Waals surface area contributed by atoms with Crippen LogP contribution in [-0.4, -0.2) is 54.5 Å². The standard InChI is InChI=1S/C20H25N5O/c1-25(2)12-11-23-20(26)15-7-9-21-19(13-15)22-10-8-16-14-24-18-6-4-3-5-17(16)18/h3-7,9,13-14,24H,8,10-12H2,1-2H3,(H,21,22)(H,23,26). The van der Waals surface area contributed by atoms with E-state index in [1.807, 2.05) is 37.3 Å². The summed E-state index contributed by atoms with van der Waals surface area (Å²) in [6.45, 7) is 2.19. The molecule has 3 N–H and O–H groups in total. The number of nitrogens with one attached hydrogen (secondary N) is 3. The lowest BCUT2D eigenvalue weighted by molar-refractivity contribution is 0.0951. The van der Waals surface area contributed by atoms with Gasteiger partial charge in [0.2, 0.25) is 0 Å². The average Bonchev–Trinajstić information content (AvgIpc) is 3.05. The first-order valence-corrected chi connectivity index (χ1v) is 8.81. The summed E-state index contributed by atoms with van der Waals surface area (Å²) in [5.74, 6) is 0.638. The van der Waals surface area contributed by atoms with Crippen LogP contribution in [0.5, 0.6) is 0 Å². The van der Waals surface area contributed by atoms with E-state index in [-0.39, 0.29) is 5.91 Å². The number of carbonyl (C=O) groups excluding carboxylic acids is 1. The number of hydrogen-bond acceptors (Lipinski definition) is 4. The van der Waals surface area contributed by atoms with E-state index in [0.717, 1.165) is 25.0 Å². The van der Waals surface area contributed by atoms with Gasteiger partial charge in [0.25, 0.3) is 5.91 Å². The molecule has 26 heavy (non-hydrogen) atoms. The van der Waals surface area contributed by atoms with Gasteiger partial charge < -0.3 is 20.5 Å². The molecule has 0 aliphatic rings. The molecule has 0 saturated heterocycles. The molecule has 136 valence electrons. The van der Waals surface area contributed by atoms with Crippen LogP contribution in [0.1, 0.15) is 15.9 Å². The summed E-state index contributed by atoms with van der Waals surface area (Å²) in [6.07, 6.45) is 4.59. The smallest absolute Gasteiger partial charge is 0.251 e. The Hall–Kier alpha value is -2.86. The van der Waals surface area contributed by atoms with Crippen molar-refractivity contribution in [1.29, 1.82) is 0 Å². The van der Waals surface area contributed by atoms with Crippen molar-refractivity contribution in [3.05, 3.63) is 59.9 Å². The Kier molecular flexibility index (Phi) is 5.86. The monoisotopic (exact) mass is 351 g/mol. The number of nitrogens with zero attached hydrogens (tertiary/aromatic N) is 2. The van der Waals surface area contributed by atoms with Crippen molar-refractivity contribution in [1.82, 2.24) is 20.2 Å². The van der Waals surface area contributed by atoms with Gasteiger partial charge in [-0.1, -0.05) is 18.2 Å². The highest BCUT2D eigenvalue weighted by Gasteiger charge is 2.07. The zero-order valence-corrected chi connectivity index (χ0v) is 15.2. The third-order valence-corrected chi connectivity index (χ3v) is 4.24. The minimum absolute atomic E-state index is 0.0751. The Bertz CT molecular complexity index is 871. The van der Waals surface area contributed by atoms with E-state index in [4.69, 9.17) is 0 Å². The van der Waals surface area contributed by atoms with Crippen LogP contribution in [0.3, 0.4) is 0 Å². The Morgan fingerprint density at radius 3 is 2.88 bits per heavy atom. The van der Waals surface area contributed by atoms with Crippen LogP contribution in [0.15, 0.2) is 48.8 Å². The van der Waals surface area contributed by atoms with Gasteiger partial charge in [0.1, 0.15) is 5.82 Å². The second kappa shape index (κ2) is 8.49. The first-order valence-electron chi connectivity index (χ1n) is 8.81. The number of amides is 1. The van der Waals surface area contributed by atoms with E-state index in [2.05, 4.69) is 32.7 Å². The minimum Gasteiger partial charge on any atom is -0.370 e. The van der Waals surface area contributed by atoms with Crippen molar-refractivity contribution in [2.24, 2.45) is 0 Å². The summed E-state index contributed by atoms with van der Waals surface area (Å²) in [5, 5.41) is 7.47. The molecule has 0 saturated carbocycles. The zero-order valence-electron chi connectivity index (χ0n) is 15.2. The molecule has 6 heteroatoms. The zero-order chi connectivity index (χ0) is 18.4. The maximum atomic E-state index is 12.2. The molecule has 0 unspecified atom stereocenters. The number of anilines is 1. The second-order valence-corrected chi connectivity index (χ2v) is 6.53. The maximum Gasteiger partial charge on any atom is 0.251 e. The molecule has 1 aromatic carbocycles. The summed E-state index contributed by atoms with van der Waals surface area (Å²) in [5.41, 5.74) is 3.04. The Balaban J connectivity index is 1.54. The van der Waals surface area contributed by atoms with Crippen LogP contribution in [0, 0.1) is 0 Å². The van der Waals surface area contributed by atoms with Crippen LogP contribution in [0.2, 0.25) is 0 Å². The van der Waals surface area contributed by atoms with Crippen LogP contribution in [0.25, 0.3) is 10.9 Å². The van der Waals surface area contributed by atoms with E-state index >= 15 is 0 Å². The molecule has 3 aromatic rings. The summed E-state index contributed by atoms with van der Waals surface area (Å²) in [7, 11) is 3.96. The number of benzene rings is 1. The molecule has 2 heterocycles. The van der Waals surface area contributed by atoms with Crippen molar-refractivity contribution in [2.45, 2.75) is 6.42 Å². The van der Waals surface area contributed by atoms with Gasteiger partial charge in [-0.2, -0.15) is 0 Å². The van der Waals surface area contributed by atoms with Gasteiger partial charge >= 0.3 is 0 Å². The topological polar surface area (TPSA) is 73.1 Å². The lowest BCUT2D eigenvalue weighted by atomic mass is 10.1. The number of aromatic nitrogens is 2. The molecule has 1 amide bonds. The number of H-pyrrole nitrogens is 1. The minimum atomic E-state index is -0.0751. The van der Waals surface area contributed by atoms with E-state index in [1.165, 1.54) is 10.9 Å². The van der Waals surface area contributed by atoms with Crippen LogP contribution in [-0.2, 0) is 6.42 Å². The Morgan fingerprint density at radius 1 is 1.19 bits per heavy atom. The predicted molar refractivity (Wildman–Crippen MR) is 106 cm³/mol. The third kappa shape index (κ3) is 4.61. The number of carbonyl (C=O) groups is 1. The fourth-order valence-corrected chi connectivity index (χ4v) is 2.83. The van der Waals surface area contributed by atoms with Crippen LogP contribution in [0.4, 0.5) is 5.82 Å². The van der Waals surface area contributed by atoms with Gasteiger partial charge in [0.15, 0.2) is 0 Å². The van der Waals surface area contributed by atoms with Crippen molar-refractivity contribution in [2.75, 3.05) is 39.0 Å². The Labute approximate surface area is 153 Å². The lowest BCUT2D eigenvalue weighted by Gasteiger charge is -2.11. The van der Waals surface area contributed by atoms with Crippen molar-refractivity contribution in [3.63, 3.8) is 0 Å². The van der Waals surface area contributed by atoms with Gasteiger partial charge in [0, 0.05) is 48.5 Å². The molecule has 0 fully saturated rings. The summed E-state index contributed by atoms with van der Waals surface area (Å²) in [4.78, 5) is 21.8. The van der Waals surface area contributed by atoms with Gasteiger partial charge in [-0.25, -0.2) is 4.98 Å². The van der Waals surface area contributed by atoms with Crippen molar-refractivity contribution in [3.8, 4) is 0 Å². The molecule has 0 atom stereocenters. The highest BCUT2D eigenvalue weighted by atomic mass is 16.1. The maximum absolute atomic E-state index is 12.2. The van der Waals surface area contributed by atoms with Crippen LogP contribution < -0.4 is 10.6 Å². The number of likely N-dealkylation sites (N-methyl/N-ethyl adjacent to an activating group) is 1. The van der Waals surface area contributed by atoms with Gasteiger partial charge in [-0.3, -0.25) is 4.79 Å². The van der Waals surface area contributed by atoms with Gasteiger partial charge in [-0.05, 0) is 44.3 Å². The SMILES string of the molecule is CN(C)CCNC(=O)c1ccnc(NCCc2c[nH]c3ccccc23)c1. The quantitative estimate of drug-likeness (QED) is 0.583. The third-order valence-electron chi connectivity index (χ3n) is 4.24. The largest absolute Gasteiger partial charge is 0.370 e. The van der Waals surface area contributed by atoms with Gasteiger partial charge in [-0.15, -0.1) is 0 Å². The summed E-state index contributed by atoms with van der Waals surface area (Å²) < 4.78 is 0. The highest BCUT2D eigenvalue weighted by Crippen LogP contribution is 2.18. The summed E-state index contributed by atoms with van der Waals surface area (Å²) in [6, 6.07) is 11.8. The van der Waals surface area contributed by atoms with E-state index in [9.17, 15) is 4.79 Å². The van der Waals surface area contributed by atoms with E-state index in [0.29, 0.717) is 17.9 Å². The fraction of sp³-hybridized carbons (Fsp3) is 0.300. The van der Waals surface area contributed by atoms with Crippen molar-refractivity contribution < 1.29 is 4.79 Å². The molecular weight excluding hydrogens is 326 g/mol. The molecule has 2 aromatic heterocycles.